The second kappa shape index (κ2) is 8.32. The zero-order valence-electron chi connectivity index (χ0n) is 16.6. The molecule has 1 fully saturated rings. The summed E-state index contributed by atoms with van der Waals surface area (Å²) in [6.45, 7) is 4.17. The Kier molecular flexibility index (Phi) is 5.44. The second-order valence-corrected chi connectivity index (χ2v) is 7.34. The molecule has 0 amide bonds. The summed E-state index contributed by atoms with van der Waals surface area (Å²) in [6.07, 6.45) is 5.78. The number of aromatic nitrogens is 3. The van der Waals surface area contributed by atoms with Gasteiger partial charge < -0.3 is 9.30 Å². The van der Waals surface area contributed by atoms with E-state index in [-0.39, 0.29) is 18.2 Å². The van der Waals surface area contributed by atoms with Gasteiger partial charge in [-0.3, -0.25) is 4.79 Å². The highest BCUT2D eigenvalue weighted by molar-refractivity contribution is 5.38. The third kappa shape index (κ3) is 4.72. The summed E-state index contributed by atoms with van der Waals surface area (Å²) < 4.78 is 7.48. The Balaban J connectivity index is 1.50. The molecule has 146 valence electrons. The predicted molar refractivity (Wildman–Crippen MR) is 112 cm³/mol. The molecule has 0 saturated heterocycles. The van der Waals surface area contributed by atoms with Crippen molar-refractivity contribution in [2.75, 3.05) is 0 Å². The summed E-state index contributed by atoms with van der Waals surface area (Å²) in [6, 6.07) is 13.2. The van der Waals surface area contributed by atoms with E-state index in [1.165, 1.54) is 18.9 Å². The summed E-state index contributed by atoms with van der Waals surface area (Å²) >= 11 is 0. The monoisotopic (exact) mass is 385 g/mol. The molecule has 5 nitrogen and oxygen atoms in total. The highest BCUT2D eigenvalue weighted by Gasteiger charge is 2.18. The molecule has 0 radical (unpaired) electrons. The lowest BCUT2D eigenvalue weighted by Gasteiger charge is -2.19. The van der Waals surface area contributed by atoms with Gasteiger partial charge in [0.1, 0.15) is 12.4 Å². The van der Waals surface area contributed by atoms with Crippen LogP contribution in [0.4, 0.5) is 0 Å². The van der Waals surface area contributed by atoms with Crippen LogP contribution in [-0.2, 0) is 6.61 Å². The zero-order chi connectivity index (χ0) is 20.2. The highest BCUT2D eigenvalue weighted by atomic mass is 16.5. The van der Waals surface area contributed by atoms with Gasteiger partial charge in [0.2, 0.25) is 0 Å². The quantitative estimate of drug-likeness (QED) is 0.625. The molecular formula is C24H23N3O2. The van der Waals surface area contributed by atoms with Crippen molar-refractivity contribution in [3.63, 3.8) is 0 Å². The number of ether oxygens (including phenoxy) is 1. The molecule has 29 heavy (non-hydrogen) atoms. The zero-order valence-corrected chi connectivity index (χ0v) is 16.6. The third-order valence-electron chi connectivity index (χ3n) is 5.00. The Morgan fingerprint density at radius 3 is 2.55 bits per heavy atom. The number of pyridine rings is 1. The van der Waals surface area contributed by atoms with Crippen molar-refractivity contribution in [3.8, 4) is 17.6 Å². The van der Waals surface area contributed by atoms with Crippen molar-refractivity contribution in [3.05, 3.63) is 87.9 Å². The molecule has 1 aliphatic rings. The molecule has 1 atom stereocenters. The van der Waals surface area contributed by atoms with Gasteiger partial charge in [0.05, 0.1) is 6.04 Å². The van der Waals surface area contributed by atoms with E-state index in [1.54, 1.807) is 23.0 Å². The van der Waals surface area contributed by atoms with Crippen LogP contribution < -0.4 is 10.3 Å². The van der Waals surface area contributed by atoms with Gasteiger partial charge in [-0.1, -0.05) is 24.0 Å². The minimum atomic E-state index is -0.0981. The maximum absolute atomic E-state index is 12.8. The molecule has 0 unspecified atom stereocenters. The molecule has 0 aliphatic heterocycles. The third-order valence-corrected chi connectivity index (χ3v) is 5.00. The van der Waals surface area contributed by atoms with Crippen LogP contribution in [0.5, 0.6) is 5.75 Å². The predicted octanol–water partition coefficient (Wildman–Crippen LogP) is 3.90. The molecule has 0 N–H and O–H groups in total. The summed E-state index contributed by atoms with van der Waals surface area (Å²) in [7, 11) is 0. The average Bonchev–Trinajstić information content (AvgIpc) is 3.56. The lowest BCUT2D eigenvalue weighted by atomic mass is 10.1. The number of aryl methyl sites for hydroxylation is 1. The van der Waals surface area contributed by atoms with E-state index < -0.39 is 0 Å². The van der Waals surface area contributed by atoms with Gasteiger partial charge >= 0.3 is 0 Å². The fourth-order valence-corrected chi connectivity index (χ4v) is 3.22. The molecule has 1 saturated carbocycles. The first-order chi connectivity index (χ1) is 14.1. The van der Waals surface area contributed by atoms with Gasteiger partial charge in [0.15, 0.2) is 5.82 Å². The Morgan fingerprint density at radius 1 is 1.17 bits per heavy atom. The highest BCUT2D eigenvalue weighted by Crippen LogP contribution is 2.27. The van der Waals surface area contributed by atoms with Crippen LogP contribution >= 0.6 is 0 Å². The van der Waals surface area contributed by atoms with E-state index in [4.69, 9.17) is 4.74 Å². The smallest absolute Gasteiger partial charge is 0.254 e. The molecule has 1 aromatic carbocycles. The van der Waals surface area contributed by atoms with Crippen LogP contribution in [0, 0.1) is 24.7 Å². The van der Waals surface area contributed by atoms with Gasteiger partial charge in [0.25, 0.3) is 5.56 Å². The Morgan fingerprint density at radius 2 is 1.90 bits per heavy atom. The lowest BCUT2D eigenvalue weighted by Crippen LogP contribution is -2.25. The van der Waals surface area contributed by atoms with Crippen LogP contribution in [0.1, 0.15) is 48.5 Å². The van der Waals surface area contributed by atoms with Crippen molar-refractivity contribution in [1.29, 1.82) is 0 Å². The summed E-state index contributed by atoms with van der Waals surface area (Å²) in [4.78, 5) is 21.0. The van der Waals surface area contributed by atoms with Crippen molar-refractivity contribution in [1.82, 2.24) is 14.5 Å². The standard InChI is InChI=1S/C24H23N3O2/c1-17-14-22(29-16-23-25-12-3-13-26-23)15-24(28)27(17)18(2)21-10-8-20(9-11-21)7-6-19-4-5-19/h3,8-15,18-19H,4-5,16H2,1-2H3/t18-/m0/s1. The van der Waals surface area contributed by atoms with Gasteiger partial charge in [-0.15, -0.1) is 0 Å². The van der Waals surface area contributed by atoms with Crippen molar-refractivity contribution < 1.29 is 4.74 Å². The Hall–Kier alpha value is -3.39. The van der Waals surface area contributed by atoms with Crippen LogP contribution in [0.3, 0.4) is 0 Å². The molecule has 3 aromatic rings. The molecule has 1 aliphatic carbocycles. The number of nitrogens with zero attached hydrogens (tertiary/aromatic N) is 3. The average molecular weight is 385 g/mol. The first kappa shape index (κ1) is 18.9. The lowest BCUT2D eigenvalue weighted by molar-refractivity contribution is 0.294. The molecule has 4 rings (SSSR count). The van der Waals surface area contributed by atoms with Crippen molar-refractivity contribution in [2.24, 2.45) is 5.92 Å². The number of hydrogen-bond donors (Lipinski definition) is 0. The van der Waals surface area contributed by atoms with Crippen LogP contribution in [0.15, 0.2) is 59.7 Å². The maximum Gasteiger partial charge on any atom is 0.254 e. The first-order valence-electron chi connectivity index (χ1n) is 9.83. The topological polar surface area (TPSA) is 57.0 Å². The molecule has 2 heterocycles. The van der Waals surface area contributed by atoms with Gasteiger partial charge in [-0.05, 0) is 56.5 Å². The summed E-state index contributed by atoms with van der Waals surface area (Å²) in [5.74, 6) is 8.18. The van der Waals surface area contributed by atoms with E-state index in [0.29, 0.717) is 17.5 Å². The normalized spacial score (nSPS) is 14.0. The maximum atomic E-state index is 12.8. The number of hydrogen-bond acceptors (Lipinski definition) is 4. The minimum absolute atomic E-state index is 0.0838. The van der Waals surface area contributed by atoms with E-state index >= 15 is 0 Å². The van der Waals surface area contributed by atoms with E-state index in [2.05, 4.69) is 21.8 Å². The second-order valence-electron chi connectivity index (χ2n) is 7.34. The van der Waals surface area contributed by atoms with Crippen LogP contribution in [0.2, 0.25) is 0 Å². The van der Waals surface area contributed by atoms with Crippen LogP contribution in [0.25, 0.3) is 0 Å². The number of rotatable bonds is 5. The van der Waals surface area contributed by atoms with Gasteiger partial charge in [-0.25, -0.2) is 9.97 Å². The summed E-state index contributed by atoms with van der Waals surface area (Å²) in [5.41, 5.74) is 2.83. The molecule has 2 aromatic heterocycles. The van der Waals surface area contributed by atoms with E-state index in [1.807, 2.05) is 44.2 Å². The summed E-state index contributed by atoms with van der Waals surface area (Å²) in [5, 5.41) is 0. The minimum Gasteiger partial charge on any atom is -0.485 e. The van der Waals surface area contributed by atoms with E-state index in [0.717, 1.165) is 16.8 Å². The van der Waals surface area contributed by atoms with Gasteiger partial charge in [0, 0.05) is 35.6 Å². The molecular weight excluding hydrogens is 362 g/mol. The number of benzene rings is 1. The van der Waals surface area contributed by atoms with Gasteiger partial charge in [-0.2, -0.15) is 0 Å². The van der Waals surface area contributed by atoms with Crippen molar-refractivity contribution in [2.45, 2.75) is 39.3 Å². The molecule has 5 heteroatoms. The van der Waals surface area contributed by atoms with Crippen LogP contribution in [-0.4, -0.2) is 14.5 Å². The fraction of sp³-hybridized carbons (Fsp3) is 0.292. The SMILES string of the molecule is Cc1cc(OCc2ncccn2)cc(=O)n1[C@@H](C)c1ccc(C#CC2CC2)cc1. The Labute approximate surface area is 170 Å². The Bertz CT molecular complexity index is 1100. The largest absolute Gasteiger partial charge is 0.485 e. The molecule has 0 spiro atoms. The van der Waals surface area contributed by atoms with E-state index in [9.17, 15) is 4.79 Å². The first-order valence-corrected chi connectivity index (χ1v) is 9.83. The van der Waals surface area contributed by atoms with Crippen molar-refractivity contribution >= 4 is 0 Å². The molecule has 0 bridgehead atoms. The fourth-order valence-electron chi connectivity index (χ4n) is 3.22.